The van der Waals surface area contributed by atoms with E-state index in [9.17, 15) is 4.79 Å². The zero-order chi connectivity index (χ0) is 10.7. The van der Waals surface area contributed by atoms with Crippen LogP contribution in [0.15, 0.2) is 24.3 Å². The third-order valence-electron chi connectivity index (χ3n) is 2.16. The summed E-state index contributed by atoms with van der Waals surface area (Å²) in [6.45, 7) is 0.692. The SMILES string of the molecule is O=C1CCNC(Nc2ccc(Cl)cc2)N1. The monoisotopic (exact) mass is 225 g/mol. The van der Waals surface area contributed by atoms with Crippen molar-refractivity contribution in [1.82, 2.24) is 10.6 Å². The predicted octanol–water partition coefficient (Wildman–Crippen LogP) is 1.14. The van der Waals surface area contributed by atoms with E-state index >= 15 is 0 Å². The van der Waals surface area contributed by atoms with Crippen LogP contribution < -0.4 is 16.0 Å². The van der Waals surface area contributed by atoms with Crippen LogP contribution in [0.1, 0.15) is 6.42 Å². The second-order valence-corrected chi connectivity index (χ2v) is 3.79. The molecule has 1 saturated heterocycles. The molecule has 1 aliphatic heterocycles. The van der Waals surface area contributed by atoms with Gasteiger partial charge >= 0.3 is 0 Å². The fraction of sp³-hybridized carbons (Fsp3) is 0.300. The fourth-order valence-corrected chi connectivity index (χ4v) is 1.54. The molecule has 0 spiro atoms. The van der Waals surface area contributed by atoms with Gasteiger partial charge in [0.05, 0.1) is 0 Å². The van der Waals surface area contributed by atoms with Gasteiger partial charge in [-0.15, -0.1) is 0 Å². The maximum absolute atomic E-state index is 11.1. The summed E-state index contributed by atoms with van der Waals surface area (Å²) >= 11 is 5.76. The second kappa shape index (κ2) is 4.51. The highest BCUT2D eigenvalue weighted by Gasteiger charge is 2.16. The summed E-state index contributed by atoms with van der Waals surface area (Å²) in [5.41, 5.74) is 0.916. The molecule has 0 saturated carbocycles. The molecule has 3 N–H and O–H groups in total. The highest BCUT2D eigenvalue weighted by molar-refractivity contribution is 6.30. The average molecular weight is 226 g/mol. The Balaban J connectivity index is 1.96. The van der Waals surface area contributed by atoms with Crippen molar-refractivity contribution in [3.8, 4) is 0 Å². The predicted molar refractivity (Wildman–Crippen MR) is 59.6 cm³/mol. The van der Waals surface area contributed by atoms with E-state index in [0.717, 1.165) is 5.69 Å². The number of rotatable bonds is 2. The minimum atomic E-state index is -0.201. The van der Waals surface area contributed by atoms with E-state index in [4.69, 9.17) is 11.6 Å². The van der Waals surface area contributed by atoms with Gasteiger partial charge in [0.15, 0.2) is 6.29 Å². The molecule has 1 aromatic carbocycles. The van der Waals surface area contributed by atoms with Gasteiger partial charge < -0.3 is 10.6 Å². The lowest BCUT2D eigenvalue weighted by Gasteiger charge is -2.26. The second-order valence-electron chi connectivity index (χ2n) is 3.36. The summed E-state index contributed by atoms with van der Waals surface area (Å²) in [6, 6.07) is 7.33. The minimum absolute atomic E-state index is 0.0558. The van der Waals surface area contributed by atoms with Crippen molar-refractivity contribution in [3.05, 3.63) is 29.3 Å². The highest BCUT2D eigenvalue weighted by atomic mass is 35.5. The summed E-state index contributed by atoms with van der Waals surface area (Å²) in [5.74, 6) is 0.0558. The summed E-state index contributed by atoms with van der Waals surface area (Å²) in [6.07, 6.45) is 0.325. The molecule has 1 unspecified atom stereocenters. The summed E-state index contributed by atoms with van der Waals surface area (Å²) in [7, 11) is 0. The zero-order valence-corrected chi connectivity index (χ0v) is 8.84. The first-order chi connectivity index (χ1) is 7.24. The molecule has 4 nitrogen and oxygen atoms in total. The Hall–Kier alpha value is -1.26. The molecule has 0 radical (unpaired) electrons. The van der Waals surface area contributed by atoms with Crippen LogP contribution in [0, 0.1) is 0 Å². The van der Waals surface area contributed by atoms with Crippen molar-refractivity contribution in [2.75, 3.05) is 11.9 Å². The number of nitrogens with one attached hydrogen (secondary N) is 3. The first-order valence-electron chi connectivity index (χ1n) is 4.79. The van der Waals surface area contributed by atoms with Crippen LogP contribution in [0.3, 0.4) is 0 Å². The average Bonchev–Trinajstić information content (AvgIpc) is 2.22. The number of benzene rings is 1. The van der Waals surface area contributed by atoms with Gasteiger partial charge in [0, 0.05) is 23.7 Å². The Labute approximate surface area is 93.0 Å². The number of hydrogen-bond donors (Lipinski definition) is 3. The lowest BCUT2D eigenvalue weighted by atomic mass is 10.3. The van der Waals surface area contributed by atoms with Crippen molar-refractivity contribution in [3.63, 3.8) is 0 Å². The van der Waals surface area contributed by atoms with Crippen molar-refractivity contribution in [2.24, 2.45) is 0 Å². The molecular weight excluding hydrogens is 214 g/mol. The Morgan fingerprint density at radius 1 is 1.33 bits per heavy atom. The van der Waals surface area contributed by atoms with Gasteiger partial charge in [0.2, 0.25) is 5.91 Å². The standard InChI is InChI=1S/C10H12ClN3O/c11-7-1-3-8(4-2-7)13-10-12-6-5-9(15)14-10/h1-4,10,12-13H,5-6H2,(H,14,15). The maximum atomic E-state index is 11.1. The van der Waals surface area contributed by atoms with Gasteiger partial charge in [-0.05, 0) is 24.3 Å². The Morgan fingerprint density at radius 3 is 2.73 bits per heavy atom. The van der Waals surface area contributed by atoms with Crippen molar-refractivity contribution >= 4 is 23.2 Å². The van der Waals surface area contributed by atoms with Gasteiger partial charge in [-0.2, -0.15) is 0 Å². The van der Waals surface area contributed by atoms with Gasteiger partial charge in [0.25, 0.3) is 0 Å². The summed E-state index contributed by atoms with van der Waals surface area (Å²) in [5, 5.41) is 9.75. The van der Waals surface area contributed by atoms with Gasteiger partial charge in [-0.1, -0.05) is 11.6 Å². The van der Waals surface area contributed by atoms with E-state index < -0.39 is 0 Å². The molecule has 1 amide bonds. The molecule has 5 heteroatoms. The lowest BCUT2D eigenvalue weighted by Crippen LogP contribution is -2.55. The summed E-state index contributed by atoms with van der Waals surface area (Å²) < 4.78 is 0. The topological polar surface area (TPSA) is 53.2 Å². The van der Waals surface area contributed by atoms with Crippen LogP contribution in [0.25, 0.3) is 0 Å². The first-order valence-corrected chi connectivity index (χ1v) is 5.17. The van der Waals surface area contributed by atoms with Crippen LogP contribution in [-0.2, 0) is 4.79 Å². The third kappa shape index (κ3) is 2.84. The molecule has 1 aliphatic rings. The zero-order valence-electron chi connectivity index (χ0n) is 8.09. The fourth-order valence-electron chi connectivity index (χ4n) is 1.41. The molecule has 80 valence electrons. The number of carbonyl (C=O) groups is 1. The molecule has 1 heterocycles. The molecule has 0 aromatic heterocycles. The van der Waals surface area contributed by atoms with E-state index in [1.54, 1.807) is 12.1 Å². The molecule has 2 rings (SSSR count). The van der Waals surface area contributed by atoms with E-state index in [-0.39, 0.29) is 12.2 Å². The van der Waals surface area contributed by atoms with Crippen LogP contribution in [0.5, 0.6) is 0 Å². The summed E-state index contributed by atoms with van der Waals surface area (Å²) in [4.78, 5) is 11.1. The largest absolute Gasteiger partial charge is 0.353 e. The van der Waals surface area contributed by atoms with Gasteiger partial charge in [-0.25, -0.2) is 0 Å². The quantitative estimate of drug-likeness (QED) is 0.708. The third-order valence-corrected chi connectivity index (χ3v) is 2.41. The Morgan fingerprint density at radius 2 is 2.07 bits per heavy atom. The normalized spacial score (nSPS) is 20.9. The number of amides is 1. The molecule has 1 atom stereocenters. The van der Waals surface area contributed by atoms with Crippen LogP contribution in [0.4, 0.5) is 5.69 Å². The van der Waals surface area contributed by atoms with E-state index in [2.05, 4.69) is 16.0 Å². The first kappa shape index (κ1) is 10.3. The van der Waals surface area contributed by atoms with E-state index in [1.807, 2.05) is 12.1 Å². The Bertz CT molecular complexity index is 352. The van der Waals surface area contributed by atoms with Crippen molar-refractivity contribution < 1.29 is 4.79 Å². The number of carbonyl (C=O) groups excluding carboxylic acids is 1. The molecule has 1 fully saturated rings. The number of hydrogen-bond acceptors (Lipinski definition) is 3. The minimum Gasteiger partial charge on any atom is -0.353 e. The van der Waals surface area contributed by atoms with Crippen molar-refractivity contribution in [1.29, 1.82) is 0 Å². The lowest BCUT2D eigenvalue weighted by molar-refractivity contribution is -0.123. The van der Waals surface area contributed by atoms with Crippen LogP contribution in [-0.4, -0.2) is 18.7 Å². The van der Waals surface area contributed by atoms with Crippen LogP contribution >= 0.6 is 11.6 Å². The molecule has 0 bridgehead atoms. The number of halogens is 1. The molecule has 1 aromatic rings. The molecule has 0 aliphatic carbocycles. The molecule has 15 heavy (non-hydrogen) atoms. The Kier molecular flexibility index (Phi) is 3.08. The van der Waals surface area contributed by atoms with E-state index in [1.165, 1.54) is 0 Å². The van der Waals surface area contributed by atoms with Gasteiger partial charge in [-0.3, -0.25) is 10.1 Å². The maximum Gasteiger partial charge on any atom is 0.223 e. The number of anilines is 1. The highest BCUT2D eigenvalue weighted by Crippen LogP contribution is 2.13. The smallest absolute Gasteiger partial charge is 0.223 e. The van der Waals surface area contributed by atoms with E-state index in [0.29, 0.717) is 18.0 Å². The van der Waals surface area contributed by atoms with Crippen molar-refractivity contribution in [2.45, 2.75) is 12.7 Å². The van der Waals surface area contributed by atoms with Crippen LogP contribution in [0.2, 0.25) is 5.02 Å². The van der Waals surface area contributed by atoms with Gasteiger partial charge in [0.1, 0.15) is 0 Å². The molecular formula is C10H12ClN3O.